The van der Waals surface area contributed by atoms with E-state index in [4.69, 9.17) is 23.7 Å². The fourth-order valence-electron chi connectivity index (χ4n) is 0.292. The second-order valence-corrected chi connectivity index (χ2v) is 3.17. The Morgan fingerprint density at radius 3 is 1.56 bits per heavy atom. The summed E-state index contributed by atoms with van der Waals surface area (Å²) in [6.45, 7) is 5.43. The van der Waals surface area contributed by atoms with Crippen molar-refractivity contribution in [1.82, 2.24) is 0 Å². The van der Waals surface area contributed by atoms with Crippen LogP contribution in [0, 0.1) is 10.2 Å². The largest absolute Gasteiger partial charge is 1.00 e. The average Bonchev–Trinajstić information content (AvgIpc) is 2.53. The third-order valence-electron chi connectivity index (χ3n) is 0.888. The number of cyclic esters (lactones) is 2. The summed E-state index contributed by atoms with van der Waals surface area (Å²) in [4.78, 5) is 19.4. The molecule has 1 heterocycles. The van der Waals surface area contributed by atoms with Gasteiger partial charge in [0.15, 0.2) is 0 Å². The number of ether oxygens (including phenoxy) is 2. The standard InChI is InChI=1S/C4H6O2.C3H4O3.ClHO4.Li/c1-3(2)4(5)6;4-3-5-1-2-6-3;2-1(3,4)5;/h1H2,2H3,(H,5,6);1-2H2;(H,2,3,4,5);/q;;;+1/p-1. The number of hydrogen-bond acceptors (Lipinski definition) is 8. The van der Waals surface area contributed by atoms with Crippen molar-refractivity contribution < 1.29 is 71.9 Å². The van der Waals surface area contributed by atoms with Crippen LogP contribution in [0.4, 0.5) is 4.79 Å². The zero-order valence-corrected chi connectivity index (χ0v) is 10.5. The van der Waals surface area contributed by atoms with Crippen molar-refractivity contribution >= 4 is 12.1 Å². The normalized spacial score (nSPS) is 12.4. The summed E-state index contributed by atoms with van der Waals surface area (Å²) in [5.41, 5.74) is 0.176. The Labute approximate surface area is 117 Å². The van der Waals surface area contributed by atoms with Gasteiger partial charge < -0.3 is 14.6 Å². The number of halogens is 1. The second kappa shape index (κ2) is 11.3. The van der Waals surface area contributed by atoms with Crippen molar-refractivity contribution in [2.45, 2.75) is 6.92 Å². The van der Waals surface area contributed by atoms with E-state index in [0.717, 1.165) is 0 Å². The number of rotatable bonds is 1. The molecule has 0 radical (unpaired) electrons. The molecule has 11 heteroatoms. The molecule has 100 valence electrons. The first kappa shape index (κ1) is 22.4. The number of carboxylic acids is 1. The maximum atomic E-state index is 9.80. The van der Waals surface area contributed by atoms with Crippen LogP contribution in [0.1, 0.15) is 6.92 Å². The number of carboxylic acid groups (broad SMARTS) is 1. The fourth-order valence-corrected chi connectivity index (χ4v) is 0.292. The van der Waals surface area contributed by atoms with Crippen molar-refractivity contribution in [3.8, 4) is 0 Å². The summed E-state index contributed by atoms with van der Waals surface area (Å²) in [7, 11) is -4.94. The zero-order chi connectivity index (χ0) is 14.1. The van der Waals surface area contributed by atoms with Crippen molar-refractivity contribution in [3.63, 3.8) is 0 Å². The van der Waals surface area contributed by atoms with Crippen molar-refractivity contribution in [1.29, 1.82) is 0 Å². The van der Waals surface area contributed by atoms with Crippen LogP contribution in [0.15, 0.2) is 12.2 Å². The molecule has 0 saturated carbocycles. The minimum Gasteiger partial charge on any atom is -0.478 e. The molecule has 0 spiro atoms. The summed E-state index contributed by atoms with van der Waals surface area (Å²) in [6.07, 6.45) is -0.546. The smallest absolute Gasteiger partial charge is 0.478 e. The molecule has 1 fully saturated rings. The van der Waals surface area contributed by atoms with Crippen molar-refractivity contribution in [3.05, 3.63) is 12.2 Å². The van der Waals surface area contributed by atoms with E-state index in [2.05, 4.69) is 16.1 Å². The van der Waals surface area contributed by atoms with Gasteiger partial charge in [0.1, 0.15) is 13.2 Å². The Bertz CT molecular complexity index is 249. The van der Waals surface area contributed by atoms with Crippen LogP contribution < -0.4 is 37.5 Å². The van der Waals surface area contributed by atoms with Gasteiger partial charge in [0.2, 0.25) is 0 Å². The van der Waals surface area contributed by atoms with Gasteiger partial charge in [0.05, 0.1) is 0 Å². The predicted octanol–water partition coefficient (Wildman–Crippen LogP) is -6.95. The van der Waals surface area contributed by atoms with Crippen molar-refractivity contribution in [2.75, 3.05) is 13.2 Å². The van der Waals surface area contributed by atoms with E-state index < -0.39 is 22.4 Å². The number of carbonyl (C=O) groups is 2. The van der Waals surface area contributed by atoms with Crippen LogP contribution in [0.25, 0.3) is 0 Å². The van der Waals surface area contributed by atoms with Crippen LogP contribution in [0.3, 0.4) is 0 Å². The summed E-state index contributed by atoms with van der Waals surface area (Å²) < 4.78 is 42.6. The van der Waals surface area contributed by atoms with Gasteiger partial charge in [-0.3, -0.25) is 0 Å². The predicted molar refractivity (Wildman–Crippen MR) is 39.7 cm³/mol. The number of aliphatic carboxylic acids is 1. The molecule has 18 heavy (non-hydrogen) atoms. The summed E-state index contributed by atoms with van der Waals surface area (Å²) in [5, 5.41) is 7.89. The van der Waals surface area contributed by atoms with Gasteiger partial charge in [-0.15, -0.1) is 10.2 Å². The van der Waals surface area contributed by atoms with E-state index in [1.807, 2.05) is 0 Å². The van der Waals surface area contributed by atoms with E-state index in [1.165, 1.54) is 6.92 Å². The van der Waals surface area contributed by atoms with E-state index in [0.29, 0.717) is 13.2 Å². The van der Waals surface area contributed by atoms with Gasteiger partial charge in [-0.05, 0) is 6.92 Å². The summed E-state index contributed by atoms with van der Waals surface area (Å²) in [6, 6.07) is 0. The van der Waals surface area contributed by atoms with Crippen LogP contribution >= 0.6 is 0 Å². The molecule has 0 amide bonds. The molecule has 9 nitrogen and oxygen atoms in total. The first-order valence-electron chi connectivity index (χ1n) is 3.84. The molecular weight excluding hydrogens is 270 g/mol. The Hall–Kier alpha value is -0.793. The second-order valence-electron chi connectivity index (χ2n) is 2.41. The Balaban J connectivity index is -0.000000184. The van der Waals surface area contributed by atoms with Crippen LogP contribution in [-0.4, -0.2) is 30.4 Å². The monoisotopic (exact) mass is 280 g/mol. The molecule has 1 saturated heterocycles. The minimum atomic E-state index is -4.94. The topological polar surface area (TPSA) is 165 Å². The fraction of sp³-hybridized carbons (Fsp3) is 0.429. The van der Waals surface area contributed by atoms with E-state index >= 15 is 0 Å². The first-order chi connectivity index (χ1) is 7.54. The first-order valence-corrected chi connectivity index (χ1v) is 5.07. The van der Waals surface area contributed by atoms with Crippen LogP contribution in [0.5, 0.6) is 0 Å². The SMILES string of the molecule is C=C(C)C(=O)O.O=C1OCCO1.[Li+].[O-][Cl+3]([O-])([O-])[O-]. The van der Waals surface area contributed by atoms with Crippen LogP contribution in [-0.2, 0) is 14.3 Å². The quantitative estimate of drug-likeness (QED) is 0.279. The van der Waals surface area contributed by atoms with Gasteiger partial charge in [-0.1, -0.05) is 6.58 Å². The Kier molecular flexibility index (Phi) is 14.1. The zero-order valence-electron chi connectivity index (χ0n) is 9.71. The maximum Gasteiger partial charge on any atom is 1.00 e. The van der Waals surface area contributed by atoms with E-state index in [-0.39, 0.29) is 24.4 Å². The molecular formula is C7H10ClLiO9. The molecule has 0 bridgehead atoms. The molecule has 0 atom stereocenters. The number of hydrogen-bond donors (Lipinski definition) is 1. The Morgan fingerprint density at radius 2 is 1.50 bits per heavy atom. The van der Waals surface area contributed by atoms with E-state index in [1.54, 1.807) is 0 Å². The molecule has 1 aliphatic rings. The van der Waals surface area contributed by atoms with Gasteiger partial charge in [-0.25, -0.2) is 28.2 Å². The molecule has 0 aromatic carbocycles. The maximum absolute atomic E-state index is 9.80. The van der Waals surface area contributed by atoms with Gasteiger partial charge in [0, 0.05) is 5.57 Å². The minimum absolute atomic E-state index is 0. The molecule has 1 rings (SSSR count). The average molecular weight is 281 g/mol. The van der Waals surface area contributed by atoms with E-state index in [9.17, 15) is 9.59 Å². The van der Waals surface area contributed by atoms with Gasteiger partial charge in [-0.2, -0.15) is 0 Å². The van der Waals surface area contributed by atoms with Crippen LogP contribution in [0.2, 0.25) is 0 Å². The van der Waals surface area contributed by atoms with Crippen molar-refractivity contribution in [2.24, 2.45) is 0 Å². The van der Waals surface area contributed by atoms with Gasteiger partial charge >= 0.3 is 31.0 Å². The summed E-state index contributed by atoms with van der Waals surface area (Å²) in [5.74, 6) is -0.935. The molecule has 0 aromatic heterocycles. The molecule has 0 aliphatic carbocycles. The number of carbonyl (C=O) groups excluding carboxylic acids is 1. The molecule has 1 aliphatic heterocycles. The third kappa shape index (κ3) is 29.5. The summed E-state index contributed by atoms with van der Waals surface area (Å²) >= 11 is 0. The third-order valence-corrected chi connectivity index (χ3v) is 0.888. The Morgan fingerprint density at radius 1 is 1.28 bits per heavy atom. The molecule has 0 aromatic rings. The van der Waals surface area contributed by atoms with Gasteiger partial charge in [0.25, 0.3) is 0 Å². The molecule has 1 N–H and O–H groups in total. The molecule has 0 unspecified atom stereocenters.